The number of benzene rings is 1. The lowest BCUT2D eigenvalue weighted by molar-refractivity contribution is -0.137. The van der Waals surface area contributed by atoms with Gasteiger partial charge in [0.1, 0.15) is 6.04 Å². The number of carbonyl (C=O) groups is 2. The summed E-state index contributed by atoms with van der Waals surface area (Å²) >= 11 is 0. The van der Waals surface area contributed by atoms with Crippen LogP contribution in [0.1, 0.15) is 34.5 Å². The fraction of sp³-hybridized carbons (Fsp3) is 0.222. The van der Waals surface area contributed by atoms with Gasteiger partial charge in [-0.05, 0) is 24.6 Å². The molecule has 0 fully saturated rings. The van der Waals surface area contributed by atoms with E-state index in [0.29, 0.717) is 5.56 Å². The molecule has 1 atom stereocenters. The first-order valence-corrected chi connectivity index (χ1v) is 8.41. The predicted molar refractivity (Wildman–Crippen MR) is 95.3 cm³/mol. The first-order valence-electron chi connectivity index (χ1n) is 8.41. The Balaban J connectivity index is 1.65. The first-order chi connectivity index (χ1) is 13.6. The van der Waals surface area contributed by atoms with Gasteiger partial charge < -0.3 is 10.4 Å². The SMILES string of the molecule is CC(C(=O)Nc1ccn(Cc2cccc(C(F)(F)F)c2)n1)n1cc(C(=O)O)cn1. The third-order valence-electron chi connectivity index (χ3n) is 4.12. The van der Waals surface area contributed by atoms with Gasteiger partial charge in [0.2, 0.25) is 5.91 Å². The standard InChI is InChI=1S/C18H16F3N5O3/c1-11(26-10-13(8-22-26)17(28)29)16(27)23-15-5-6-25(24-15)9-12-3-2-4-14(7-12)18(19,20)21/h2-8,10-11H,9H2,1H3,(H,28,29)(H,23,24,27). The van der Waals surface area contributed by atoms with Gasteiger partial charge in [-0.15, -0.1) is 0 Å². The highest BCUT2D eigenvalue weighted by Crippen LogP contribution is 2.29. The van der Waals surface area contributed by atoms with Crippen LogP contribution in [0.25, 0.3) is 0 Å². The zero-order valence-electron chi connectivity index (χ0n) is 15.1. The van der Waals surface area contributed by atoms with Crippen molar-refractivity contribution >= 4 is 17.7 Å². The molecule has 8 nitrogen and oxygen atoms in total. The van der Waals surface area contributed by atoms with Gasteiger partial charge in [0.15, 0.2) is 5.82 Å². The van der Waals surface area contributed by atoms with Crippen LogP contribution in [0, 0.1) is 0 Å². The van der Waals surface area contributed by atoms with Crippen LogP contribution in [0.4, 0.5) is 19.0 Å². The van der Waals surface area contributed by atoms with Crippen molar-refractivity contribution in [1.29, 1.82) is 0 Å². The molecule has 0 saturated heterocycles. The summed E-state index contributed by atoms with van der Waals surface area (Å²) in [5, 5.41) is 19.4. The quantitative estimate of drug-likeness (QED) is 0.654. The van der Waals surface area contributed by atoms with E-state index in [4.69, 9.17) is 5.11 Å². The molecule has 1 amide bonds. The molecule has 0 aliphatic heterocycles. The number of nitrogens with one attached hydrogen (secondary N) is 1. The molecule has 1 unspecified atom stereocenters. The highest BCUT2D eigenvalue weighted by atomic mass is 19.4. The second kappa shape index (κ2) is 7.78. The molecule has 0 aliphatic rings. The van der Waals surface area contributed by atoms with Gasteiger partial charge in [-0.2, -0.15) is 23.4 Å². The van der Waals surface area contributed by atoms with E-state index in [1.807, 2.05) is 0 Å². The summed E-state index contributed by atoms with van der Waals surface area (Å²) in [6.45, 7) is 1.63. The van der Waals surface area contributed by atoms with Crippen LogP contribution >= 0.6 is 0 Å². The number of alkyl halides is 3. The number of rotatable bonds is 6. The minimum Gasteiger partial charge on any atom is -0.478 e. The van der Waals surface area contributed by atoms with E-state index >= 15 is 0 Å². The molecule has 11 heteroatoms. The number of carbonyl (C=O) groups excluding carboxylic acids is 1. The van der Waals surface area contributed by atoms with Crippen LogP contribution in [0.3, 0.4) is 0 Å². The molecular weight excluding hydrogens is 391 g/mol. The molecule has 2 aromatic heterocycles. The maximum atomic E-state index is 12.8. The van der Waals surface area contributed by atoms with E-state index in [1.54, 1.807) is 6.07 Å². The van der Waals surface area contributed by atoms with E-state index in [1.165, 1.54) is 40.8 Å². The number of halogens is 3. The summed E-state index contributed by atoms with van der Waals surface area (Å²) in [6, 6.07) is 5.61. The normalized spacial score (nSPS) is 12.6. The van der Waals surface area contributed by atoms with Crippen molar-refractivity contribution < 1.29 is 27.9 Å². The number of hydrogen-bond donors (Lipinski definition) is 2. The second-order valence-corrected chi connectivity index (χ2v) is 6.28. The fourth-order valence-electron chi connectivity index (χ4n) is 2.56. The number of carboxylic acid groups (broad SMARTS) is 1. The van der Waals surface area contributed by atoms with Gasteiger partial charge in [0.05, 0.1) is 23.9 Å². The number of aromatic nitrogens is 4. The molecule has 1 aromatic carbocycles. The van der Waals surface area contributed by atoms with Crippen LogP contribution in [0.15, 0.2) is 48.9 Å². The van der Waals surface area contributed by atoms with E-state index in [2.05, 4.69) is 15.5 Å². The molecule has 0 bridgehead atoms. The Hall–Kier alpha value is -3.63. The van der Waals surface area contributed by atoms with Crippen molar-refractivity contribution in [3.8, 4) is 0 Å². The minimum absolute atomic E-state index is 0.0463. The van der Waals surface area contributed by atoms with Crippen molar-refractivity contribution in [2.75, 3.05) is 5.32 Å². The maximum absolute atomic E-state index is 12.8. The number of nitrogens with zero attached hydrogens (tertiary/aromatic N) is 4. The Kier molecular flexibility index (Phi) is 5.39. The minimum atomic E-state index is -4.43. The number of hydrogen-bond acceptors (Lipinski definition) is 4. The molecule has 3 rings (SSSR count). The van der Waals surface area contributed by atoms with Crippen LogP contribution in [-0.2, 0) is 17.5 Å². The highest BCUT2D eigenvalue weighted by molar-refractivity contribution is 5.92. The Morgan fingerprint density at radius 3 is 2.69 bits per heavy atom. The molecule has 152 valence electrons. The van der Waals surface area contributed by atoms with Gasteiger partial charge in [-0.25, -0.2) is 4.79 Å². The van der Waals surface area contributed by atoms with E-state index < -0.39 is 29.7 Å². The lowest BCUT2D eigenvalue weighted by atomic mass is 10.1. The summed E-state index contributed by atoms with van der Waals surface area (Å²) in [7, 11) is 0. The predicted octanol–water partition coefficient (Wildman–Crippen LogP) is 3.04. The molecule has 0 spiro atoms. The smallest absolute Gasteiger partial charge is 0.416 e. The van der Waals surface area contributed by atoms with Crippen LogP contribution in [-0.4, -0.2) is 36.5 Å². The molecule has 2 N–H and O–H groups in total. The molecule has 29 heavy (non-hydrogen) atoms. The van der Waals surface area contributed by atoms with Gasteiger partial charge in [-0.1, -0.05) is 12.1 Å². The highest BCUT2D eigenvalue weighted by Gasteiger charge is 2.30. The van der Waals surface area contributed by atoms with E-state index in [0.717, 1.165) is 18.3 Å². The van der Waals surface area contributed by atoms with Crippen LogP contribution < -0.4 is 5.32 Å². The Morgan fingerprint density at radius 2 is 2.03 bits per heavy atom. The molecule has 0 radical (unpaired) electrons. The van der Waals surface area contributed by atoms with E-state index in [9.17, 15) is 22.8 Å². The summed E-state index contributed by atoms with van der Waals surface area (Å²) in [5.74, 6) is -1.43. The average molecular weight is 407 g/mol. The maximum Gasteiger partial charge on any atom is 0.416 e. The zero-order valence-corrected chi connectivity index (χ0v) is 15.1. The number of carboxylic acids is 1. The van der Waals surface area contributed by atoms with Gasteiger partial charge >= 0.3 is 12.1 Å². The lowest BCUT2D eigenvalue weighted by Gasteiger charge is -2.11. The number of aromatic carboxylic acids is 1. The topological polar surface area (TPSA) is 102 Å². The third kappa shape index (κ3) is 4.81. The average Bonchev–Trinajstić information content (AvgIpc) is 3.30. The van der Waals surface area contributed by atoms with Crippen molar-refractivity contribution in [3.05, 3.63) is 65.6 Å². The molecule has 2 heterocycles. The van der Waals surface area contributed by atoms with Gasteiger partial charge in [0.25, 0.3) is 0 Å². The molecular formula is C18H16F3N5O3. The van der Waals surface area contributed by atoms with Crippen molar-refractivity contribution in [3.63, 3.8) is 0 Å². The summed E-state index contributed by atoms with van der Waals surface area (Å²) in [4.78, 5) is 23.2. The Labute approximate surface area is 162 Å². The molecule has 0 saturated carbocycles. The van der Waals surface area contributed by atoms with Crippen LogP contribution in [0.5, 0.6) is 0 Å². The van der Waals surface area contributed by atoms with Crippen molar-refractivity contribution in [1.82, 2.24) is 19.6 Å². The number of amides is 1. The summed E-state index contributed by atoms with van der Waals surface area (Å²) in [5.41, 5.74) is -0.383. The van der Waals surface area contributed by atoms with Gasteiger partial charge in [0, 0.05) is 18.5 Å². The number of anilines is 1. The summed E-state index contributed by atoms with van der Waals surface area (Å²) in [6.07, 6.45) is -0.534. The Bertz CT molecular complexity index is 1040. The fourth-order valence-corrected chi connectivity index (χ4v) is 2.56. The molecule has 3 aromatic rings. The monoisotopic (exact) mass is 407 g/mol. The van der Waals surface area contributed by atoms with Crippen LogP contribution in [0.2, 0.25) is 0 Å². The van der Waals surface area contributed by atoms with Crippen molar-refractivity contribution in [2.45, 2.75) is 25.7 Å². The van der Waals surface area contributed by atoms with Gasteiger partial charge in [-0.3, -0.25) is 14.2 Å². The third-order valence-corrected chi connectivity index (χ3v) is 4.12. The van der Waals surface area contributed by atoms with Crippen molar-refractivity contribution in [2.24, 2.45) is 0 Å². The molecule has 0 aliphatic carbocycles. The summed E-state index contributed by atoms with van der Waals surface area (Å²) < 4.78 is 41.0. The zero-order chi connectivity index (χ0) is 21.2. The second-order valence-electron chi connectivity index (χ2n) is 6.28. The first kappa shape index (κ1) is 20.1. The Morgan fingerprint density at radius 1 is 1.28 bits per heavy atom. The largest absolute Gasteiger partial charge is 0.478 e. The lowest BCUT2D eigenvalue weighted by Crippen LogP contribution is -2.24. The van der Waals surface area contributed by atoms with E-state index in [-0.39, 0.29) is 17.9 Å².